The van der Waals surface area contributed by atoms with Crippen LogP contribution in [0, 0.1) is 23.7 Å². The summed E-state index contributed by atoms with van der Waals surface area (Å²) >= 11 is 7.84. The molecule has 0 amide bonds. The number of hydrogen-bond donors (Lipinski definition) is 1. The summed E-state index contributed by atoms with van der Waals surface area (Å²) in [7, 11) is 0. The van der Waals surface area contributed by atoms with Crippen molar-refractivity contribution in [1.82, 2.24) is 0 Å². The highest BCUT2D eigenvalue weighted by Gasteiger charge is 2.46. The topological polar surface area (TPSA) is 83.3 Å². The molecular formula is C26H25ClF3N3O2S. The van der Waals surface area contributed by atoms with Gasteiger partial charge in [0.25, 0.3) is 0 Å². The highest BCUT2D eigenvalue weighted by molar-refractivity contribution is 7.99. The van der Waals surface area contributed by atoms with E-state index >= 15 is 0 Å². The van der Waals surface area contributed by atoms with E-state index in [4.69, 9.17) is 21.8 Å². The second kappa shape index (κ2) is 9.24. The zero-order valence-electron chi connectivity index (χ0n) is 20.2. The number of carbonyl (C=O) groups is 1. The van der Waals surface area contributed by atoms with E-state index in [-0.39, 0.29) is 34.3 Å². The monoisotopic (exact) mass is 535 g/mol. The zero-order chi connectivity index (χ0) is 26.6. The number of aryl methyl sites for hydroxylation is 1. The van der Waals surface area contributed by atoms with Crippen LogP contribution >= 0.6 is 23.4 Å². The molecule has 0 bridgehead atoms. The minimum absolute atomic E-state index is 0.0192. The van der Waals surface area contributed by atoms with Gasteiger partial charge in [0.2, 0.25) is 0 Å². The van der Waals surface area contributed by atoms with E-state index in [9.17, 15) is 23.2 Å². The number of nitrogens with two attached hydrogens (primary N) is 1. The highest BCUT2D eigenvalue weighted by atomic mass is 35.5. The third kappa shape index (κ3) is 4.53. The van der Waals surface area contributed by atoms with Gasteiger partial charge in [0.1, 0.15) is 11.6 Å². The lowest BCUT2D eigenvalue weighted by atomic mass is 9.69. The lowest BCUT2D eigenvalue weighted by molar-refractivity contribution is -0.137. The summed E-state index contributed by atoms with van der Waals surface area (Å²) in [6.07, 6.45) is -4.05. The number of anilines is 1. The number of hydrogen-bond acceptors (Lipinski definition) is 6. The van der Waals surface area contributed by atoms with Gasteiger partial charge < -0.3 is 10.2 Å². The van der Waals surface area contributed by atoms with E-state index in [0.29, 0.717) is 39.9 Å². The van der Waals surface area contributed by atoms with Crippen molar-refractivity contribution in [1.29, 1.82) is 5.26 Å². The summed E-state index contributed by atoms with van der Waals surface area (Å²) in [6.45, 7) is 7.56. The van der Waals surface area contributed by atoms with Crippen molar-refractivity contribution >= 4 is 34.8 Å². The third-order valence-electron chi connectivity index (χ3n) is 6.33. The van der Waals surface area contributed by atoms with Crippen LogP contribution in [0.5, 0.6) is 0 Å². The molecule has 1 aromatic heterocycles. The molecule has 190 valence electrons. The maximum absolute atomic E-state index is 13.7. The van der Waals surface area contributed by atoms with Crippen LogP contribution in [0.25, 0.3) is 0 Å². The Morgan fingerprint density at radius 1 is 1.31 bits per heavy atom. The lowest BCUT2D eigenvalue weighted by Gasteiger charge is -2.44. The normalized spacial score (nSPS) is 20.0. The van der Waals surface area contributed by atoms with E-state index in [1.807, 2.05) is 20.8 Å². The number of Topliss-reactive ketones (excluding diaryl/α,β-unsaturated/α-hetero) is 1. The molecule has 1 unspecified atom stereocenters. The number of nitriles is 1. The van der Waals surface area contributed by atoms with Gasteiger partial charge in [-0.1, -0.05) is 44.1 Å². The zero-order valence-corrected chi connectivity index (χ0v) is 21.8. The summed E-state index contributed by atoms with van der Waals surface area (Å²) in [4.78, 5) is 15.0. The van der Waals surface area contributed by atoms with E-state index in [0.717, 1.165) is 18.2 Å². The summed E-state index contributed by atoms with van der Waals surface area (Å²) in [6, 6.07) is 6.86. The largest absolute Gasteiger partial charge is 0.455 e. The van der Waals surface area contributed by atoms with Crippen LogP contribution in [0.4, 0.5) is 18.9 Å². The molecule has 36 heavy (non-hydrogen) atoms. The first kappa shape index (κ1) is 26.2. The Balaban J connectivity index is 2.04. The molecule has 0 saturated heterocycles. The first-order chi connectivity index (χ1) is 16.8. The first-order valence-electron chi connectivity index (χ1n) is 11.3. The summed E-state index contributed by atoms with van der Waals surface area (Å²) < 4.78 is 46.6. The summed E-state index contributed by atoms with van der Waals surface area (Å²) in [5.74, 6) is 0.282. The molecule has 1 aliphatic carbocycles. The SMILES string of the molecule is CCSc1oc(C)cc1C1C(C#N)=C(N)N(c2cc(C(F)(F)F)ccc2Cl)C2=C1C(=O)CC(C)(C)C2. The van der Waals surface area contributed by atoms with Gasteiger partial charge in [-0.25, -0.2) is 0 Å². The molecule has 0 saturated carbocycles. The molecular weight excluding hydrogens is 511 g/mol. The van der Waals surface area contributed by atoms with Crippen molar-refractivity contribution in [3.05, 3.63) is 68.8 Å². The number of nitrogens with zero attached hydrogens (tertiary/aromatic N) is 2. The molecule has 5 nitrogen and oxygen atoms in total. The Hall–Kier alpha value is -2.83. The molecule has 0 fully saturated rings. The smallest absolute Gasteiger partial charge is 0.416 e. The van der Waals surface area contributed by atoms with Crippen molar-refractivity contribution in [2.24, 2.45) is 11.1 Å². The van der Waals surface area contributed by atoms with Crippen molar-refractivity contribution in [2.45, 2.75) is 57.7 Å². The fraction of sp³-hybridized carbons (Fsp3) is 0.385. The van der Waals surface area contributed by atoms with Crippen LogP contribution in [-0.4, -0.2) is 11.5 Å². The average molecular weight is 536 g/mol. The van der Waals surface area contributed by atoms with Crippen molar-refractivity contribution < 1.29 is 22.4 Å². The Labute approximate surface area is 216 Å². The second-order valence-corrected chi connectivity index (χ2v) is 11.3. The van der Waals surface area contributed by atoms with Crippen LogP contribution in [0.3, 0.4) is 0 Å². The Kier molecular flexibility index (Phi) is 6.73. The molecule has 10 heteroatoms. The minimum atomic E-state index is -4.62. The molecule has 1 atom stereocenters. The van der Waals surface area contributed by atoms with E-state index < -0.39 is 23.1 Å². The number of alkyl halides is 3. The number of carbonyl (C=O) groups excluding carboxylic acids is 1. The van der Waals surface area contributed by atoms with Gasteiger partial charge >= 0.3 is 6.18 Å². The van der Waals surface area contributed by atoms with Gasteiger partial charge in [-0.3, -0.25) is 9.69 Å². The standard InChI is InChI=1S/C26H25ClF3N3O2S/c1-5-36-24-15(8-13(2)35-24)21-16(12-31)23(32)33(19-10-25(3,4)11-20(34)22(19)21)18-9-14(26(28,29)30)6-7-17(18)27/h6-9,21H,5,10-11,32H2,1-4H3. The number of furan rings is 1. The number of benzene rings is 1. The fourth-order valence-corrected chi connectivity index (χ4v) is 5.91. The predicted molar refractivity (Wildman–Crippen MR) is 133 cm³/mol. The lowest BCUT2D eigenvalue weighted by Crippen LogP contribution is -2.42. The number of allylic oxidation sites excluding steroid dienone is 3. The minimum Gasteiger partial charge on any atom is -0.455 e. The Morgan fingerprint density at radius 2 is 2.00 bits per heavy atom. The van der Waals surface area contributed by atoms with Crippen LogP contribution in [-0.2, 0) is 11.0 Å². The van der Waals surface area contributed by atoms with Gasteiger partial charge in [0, 0.05) is 23.3 Å². The van der Waals surface area contributed by atoms with Gasteiger partial charge in [0.15, 0.2) is 10.9 Å². The Bertz CT molecular complexity index is 1350. The number of rotatable bonds is 4. The fourth-order valence-electron chi connectivity index (χ4n) is 4.91. The number of thioether (sulfide) groups is 1. The predicted octanol–water partition coefficient (Wildman–Crippen LogP) is 7.31. The van der Waals surface area contributed by atoms with Crippen molar-refractivity contribution in [3.8, 4) is 6.07 Å². The number of ketones is 1. The molecule has 1 aromatic carbocycles. The van der Waals surface area contributed by atoms with Crippen LogP contribution in [0.2, 0.25) is 5.02 Å². The summed E-state index contributed by atoms with van der Waals surface area (Å²) in [5.41, 5.74) is 6.63. The van der Waals surface area contributed by atoms with Crippen molar-refractivity contribution in [2.75, 3.05) is 10.7 Å². The summed E-state index contributed by atoms with van der Waals surface area (Å²) in [5, 5.41) is 10.8. The molecule has 2 aliphatic rings. The quantitative estimate of drug-likeness (QED) is 0.413. The molecule has 0 spiro atoms. The first-order valence-corrected chi connectivity index (χ1v) is 12.7. The molecule has 2 N–H and O–H groups in total. The molecule has 2 heterocycles. The van der Waals surface area contributed by atoms with Gasteiger partial charge in [-0.15, -0.1) is 0 Å². The van der Waals surface area contributed by atoms with Crippen LogP contribution in [0.15, 0.2) is 56.4 Å². The maximum Gasteiger partial charge on any atom is 0.416 e. The van der Waals surface area contributed by atoms with Gasteiger partial charge in [-0.2, -0.15) is 18.4 Å². The Morgan fingerprint density at radius 3 is 2.61 bits per heavy atom. The maximum atomic E-state index is 13.7. The molecule has 2 aromatic rings. The second-order valence-electron chi connectivity index (χ2n) is 9.68. The average Bonchev–Trinajstić information content (AvgIpc) is 3.12. The number of halogens is 4. The van der Waals surface area contributed by atoms with E-state index in [2.05, 4.69) is 6.07 Å². The van der Waals surface area contributed by atoms with Crippen LogP contribution < -0.4 is 10.6 Å². The molecule has 0 radical (unpaired) electrons. The molecule has 4 rings (SSSR count). The van der Waals surface area contributed by atoms with Crippen molar-refractivity contribution in [3.63, 3.8) is 0 Å². The molecule has 1 aliphatic heterocycles. The van der Waals surface area contributed by atoms with Gasteiger partial charge in [-0.05, 0) is 48.8 Å². The van der Waals surface area contributed by atoms with E-state index in [1.165, 1.54) is 16.7 Å². The van der Waals surface area contributed by atoms with E-state index in [1.54, 1.807) is 13.0 Å². The highest BCUT2D eigenvalue weighted by Crippen LogP contribution is 2.53. The third-order valence-corrected chi connectivity index (χ3v) is 7.52. The van der Waals surface area contributed by atoms with Crippen LogP contribution in [0.1, 0.15) is 56.4 Å². The van der Waals surface area contributed by atoms with Gasteiger partial charge in [0.05, 0.1) is 33.8 Å².